The number of nitrogens with one attached hydrogen (secondary N) is 3. The first-order chi connectivity index (χ1) is 13.4. The molecule has 9 heteroatoms. The lowest BCUT2D eigenvalue weighted by molar-refractivity contribution is -0.116. The third-order valence-corrected chi connectivity index (χ3v) is 4.72. The summed E-state index contributed by atoms with van der Waals surface area (Å²) in [6.45, 7) is 1.94. The van der Waals surface area contributed by atoms with Crippen molar-refractivity contribution in [1.82, 2.24) is 15.6 Å². The second-order valence-electron chi connectivity index (χ2n) is 6.01. The van der Waals surface area contributed by atoms with Crippen LogP contribution in [0.5, 0.6) is 5.75 Å². The standard InChI is InChI=1S/C19H17IN4O4/c1-2-17(26)23-15-9-22-11(6-16(15)25)7-21-8-14-13-5-10(20)3-4-12(13)18(27)24-19(14)28/h3-6,8-9,21H,2,7H2,1H3,(H,22,25)(H,23,26)(H,24,27,28). The van der Waals surface area contributed by atoms with E-state index in [4.69, 9.17) is 0 Å². The molecule has 3 rings (SSSR count). The van der Waals surface area contributed by atoms with Crippen LogP contribution < -0.4 is 16.0 Å². The van der Waals surface area contributed by atoms with Crippen molar-refractivity contribution in [2.75, 3.05) is 5.32 Å². The summed E-state index contributed by atoms with van der Waals surface area (Å²) < 4.78 is 0.904. The molecule has 0 unspecified atom stereocenters. The zero-order valence-electron chi connectivity index (χ0n) is 14.9. The van der Waals surface area contributed by atoms with E-state index in [0.717, 1.165) is 3.57 Å². The minimum absolute atomic E-state index is 0.0952. The number of aromatic hydroxyl groups is 1. The van der Waals surface area contributed by atoms with E-state index < -0.39 is 11.8 Å². The number of amides is 3. The van der Waals surface area contributed by atoms with Crippen molar-refractivity contribution in [2.45, 2.75) is 19.9 Å². The molecule has 3 amide bonds. The van der Waals surface area contributed by atoms with Gasteiger partial charge in [-0.1, -0.05) is 6.92 Å². The summed E-state index contributed by atoms with van der Waals surface area (Å²) in [5, 5.41) is 17.9. The fourth-order valence-electron chi connectivity index (χ4n) is 2.62. The Morgan fingerprint density at radius 2 is 2.04 bits per heavy atom. The number of aromatic nitrogens is 1. The molecule has 2 aromatic rings. The van der Waals surface area contributed by atoms with E-state index >= 15 is 0 Å². The van der Waals surface area contributed by atoms with Crippen LogP contribution in [0.4, 0.5) is 5.69 Å². The van der Waals surface area contributed by atoms with Gasteiger partial charge in [-0.05, 0) is 40.8 Å². The highest BCUT2D eigenvalue weighted by Crippen LogP contribution is 2.26. The van der Waals surface area contributed by atoms with Crippen molar-refractivity contribution in [1.29, 1.82) is 0 Å². The number of halogens is 1. The Labute approximate surface area is 174 Å². The molecule has 0 atom stereocenters. The highest BCUT2D eigenvalue weighted by atomic mass is 127. The molecule has 0 aliphatic carbocycles. The van der Waals surface area contributed by atoms with Crippen molar-refractivity contribution in [3.63, 3.8) is 0 Å². The first kappa shape index (κ1) is 19.8. The Morgan fingerprint density at radius 3 is 2.75 bits per heavy atom. The molecule has 0 spiro atoms. The Bertz CT molecular complexity index is 1000. The van der Waals surface area contributed by atoms with Crippen LogP contribution in [-0.4, -0.2) is 27.8 Å². The van der Waals surface area contributed by atoms with E-state index in [2.05, 4.69) is 43.5 Å². The molecule has 0 saturated carbocycles. The van der Waals surface area contributed by atoms with E-state index in [9.17, 15) is 19.5 Å². The maximum Gasteiger partial charge on any atom is 0.260 e. The molecule has 2 heterocycles. The number of benzene rings is 1. The van der Waals surface area contributed by atoms with Crippen LogP contribution in [0.3, 0.4) is 0 Å². The van der Waals surface area contributed by atoms with Gasteiger partial charge in [-0.2, -0.15) is 0 Å². The predicted molar refractivity (Wildman–Crippen MR) is 111 cm³/mol. The quantitative estimate of drug-likeness (QED) is 0.289. The Balaban J connectivity index is 1.76. The lowest BCUT2D eigenvalue weighted by atomic mass is 9.96. The number of imide groups is 1. The molecule has 1 aliphatic rings. The monoisotopic (exact) mass is 492 g/mol. The molecular weight excluding hydrogens is 475 g/mol. The van der Waals surface area contributed by atoms with Gasteiger partial charge in [0, 0.05) is 33.4 Å². The van der Waals surface area contributed by atoms with Crippen molar-refractivity contribution < 1.29 is 19.5 Å². The summed E-state index contributed by atoms with van der Waals surface area (Å²) in [7, 11) is 0. The smallest absolute Gasteiger partial charge is 0.260 e. The van der Waals surface area contributed by atoms with Crippen LogP contribution in [0.25, 0.3) is 5.57 Å². The number of nitrogens with zero attached hydrogens (tertiary/aromatic N) is 1. The normalized spacial score (nSPS) is 14.4. The first-order valence-electron chi connectivity index (χ1n) is 8.46. The number of carbonyl (C=O) groups excluding carboxylic acids is 3. The van der Waals surface area contributed by atoms with Crippen LogP contribution in [-0.2, 0) is 16.1 Å². The SMILES string of the molecule is CCC(=O)Nc1cnc(CNC=C2C(=O)NC(=O)c3ccc(I)cc32)cc1O. The summed E-state index contributed by atoms with van der Waals surface area (Å²) >= 11 is 2.12. The number of anilines is 1. The number of fused-ring (bicyclic) bond motifs is 1. The number of pyridine rings is 1. The highest BCUT2D eigenvalue weighted by Gasteiger charge is 2.27. The predicted octanol–water partition coefficient (Wildman–Crippen LogP) is 2.14. The van der Waals surface area contributed by atoms with E-state index in [1.54, 1.807) is 25.1 Å². The molecular formula is C19H17IN4O4. The second-order valence-corrected chi connectivity index (χ2v) is 7.25. The average Bonchev–Trinajstić information content (AvgIpc) is 2.66. The Morgan fingerprint density at radius 1 is 1.25 bits per heavy atom. The first-order valence-corrected chi connectivity index (χ1v) is 9.53. The molecule has 1 aromatic carbocycles. The zero-order valence-corrected chi connectivity index (χ0v) is 17.0. The molecule has 0 radical (unpaired) electrons. The van der Waals surface area contributed by atoms with E-state index in [1.165, 1.54) is 18.5 Å². The van der Waals surface area contributed by atoms with E-state index in [-0.39, 0.29) is 23.9 Å². The van der Waals surface area contributed by atoms with E-state index in [1.807, 2.05) is 0 Å². The molecule has 8 nitrogen and oxygen atoms in total. The third-order valence-electron chi connectivity index (χ3n) is 4.05. The van der Waals surface area contributed by atoms with Crippen LogP contribution in [0.2, 0.25) is 0 Å². The Hall–Kier alpha value is -2.95. The summed E-state index contributed by atoms with van der Waals surface area (Å²) in [6.07, 6.45) is 3.18. The molecule has 0 saturated heterocycles. The highest BCUT2D eigenvalue weighted by molar-refractivity contribution is 14.1. The number of rotatable bonds is 5. The van der Waals surface area contributed by atoms with Crippen LogP contribution >= 0.6 is 22.6 Å². The molecule has 144 valence electrons. The van der Waals surface area contributed by atoms with Gasteiger partial charge in [0.1, 0.15) is 11.4 Å². The number of hydrogen-bond acceptors (Lipinski definition) is 6. The molecule has 1 aromatic heterocycles. The van der Waals surface area contributed by atoms with Crippen molar-refractivity contribution in [3.8, 4) is 5.75 Å². The molecule has 28 heavy (non-hydrogen) atoms. The van der Waals surface area contributed by atoms with Crippen LogP contribution in [0.1, 0.15) is 35.0 Å². The molecule has 4 N–H and O–H groups in total. The Kier molecular flexibility index (Phi) is 5.93. The van der Waals surface area contributed by atoms with Gasteiger partial charge in [0.05, 0.1) is 24.0 Å². The average molecular weight is 492 g/mol. The van der Waals surface area contributed by atoms with Gasteiger partial charge >= 0.3 is 0 Å². The van der Waals surface area contributed by atoms with Gasteiger partial charge in [0.15, 0.2) is 0 Å². The summed E-state index contributed by atoms with van der Waals surface area (Å²) in [5.41, 5.74) is 2.08. The van der Waals surface area contributed by atoms with Gasteiger partial charge in [-0.25, -0.2) is 0 Å². The number of hydrogen-bond donors (Lipinski definition) is 4. The van der Waals surface area contributed by atoms with Crippen LogP contribution in [0, 0.1) is 3.57 Å². The van der Waals surface area contributed by atoms with Crippen molar-refractivity contribution in [2.24, 2.45) is 0 Å². The lowest BCUT2D eigenvalue weighted by Gasteiger charge is -2.18. The van der Waals surface area contributed by atoms with Gasteiger partial charge in [0.2, 0.25) is 5.91 Å². The maximum atomic E-state index is 12.2. The molecule has 1 aliphatic heterocycles. The molecule has 0 bridgehead atoms. The number of carbonyl (C=O) groups is 3. The van der Waals surface area contributed by atoms with Gasteiger partial charge in [-0.3, -0.25) is 24.7 Å². The zero-order chi connectivity index (χ0) is 20.3. The van der Waals surface area contributed by atoms with Crippen molar-refractivity contribution >= 4 is 51.6 Å². The molecule has 0 fully saturated rings. The minimum atomic E-state index is -0.486. The fraction of sp³-hybridized carbons (Fsp3) is 0.158. The van der Waals surface area contributed by atoms with Gasteiger partial charge < -0.3 is 15.7 Å². The summed E-state index contributed by atoms with van der Waals surface area (Å²) in [5.74, 6) is -1.23. The van der Waals surface area contributed by atoms with Gasteiger partial charge in [-0.15, -0.1) is 0 Å². The lowest BCUT2D eigenvalue weighted by Crippen LogP contribution is -2.37. The van der Waals surface area contributed by atoms with Gasteiger partial charge in [0.25, 0.3) is 11.8 Å². The van der Waals surface area contributed by atoms with E-state index in [0.29, 0.717) is 28.8 Å². The largest absolute Gasteiger partial charge is 0.506 e. The minimum Gasteiger partial charge on any atom is -0.506 e. The maximum absolute atomic E-state index is 12.2. The van der Waals surface area contributed by atoms with Crippen molar-refractivity contribution in [3.05, 3.63) is 57.1 Å². The van der Waals surface area contributed by atoms with Crippen LogP contribution in [0.15, 0.2) is 36.7 Å². The second kappa shape index (κ2) is 8.38. The fourth-order valence-corrected chi connectivity index (χ4v) is 3.11. The summed E-state index contributed by atoms with van der Waals surface area (Å²) in [4.78, 5) is 39.8. The topological polar surface area (TPSA) is 120 Å². The summed E-state index contributed by atoms with van der Waals surface area (Å²) in [6, 6.07) is 6.68. The third kappa shape index (κ3) is 4.30.